The molecule has 0 aliphatic carbocycles. The van der Waals surface area contributed by atoms with Crippen LogP contribution in [0.2, 0.25) is 0 Å². The standard InChI is InChI=1S/C19H32N4O/c1-3-17(23-13-7-8-14-23)16-22-19(20-2)21-12-9-15-24-18-10-5-4-6-11-18/h4-6,10-11,17H,3,7-9,12-16H2,1-2H3,(H2,20,21,22). The molecule has 1 atom stereocenters. The van der Waals surface area contributed by atoms with Crippen LogP contribution in [0.5, 0.6) is 5.75 Å². The highest BCUT2D eigenvalue weighted by Gasteiger charge is 2.20. The maximum Gasteiger partial charge on any atom is 0.191 e. The minimum atomic E-state index is 0.604. The molecular weight excluding hydrogens is 300 g/mol. The lowest BCUT2D eigenvalue weighted by atomic mass is 10.2. The summed E-state index contributed by atoms with van der Waals surface area (Å²) in [6.45, 7) is 7.26. The minimum absolute atomic E-state index is 0.604. The van der Waals surface area contributed by atoms with Crippen molar-refractivity contribution in [3.05, 3.63) is 30.3 Å². The van der Waals surface area contributed by atoms with Gasteiger partial charge in [-0.3, -0.25) is 9.89 Å². The van der Waals surface area contributed by atoms with Crippen molar-refractivity contribution in [2.45, 2.75) is 38.6 Å². The molecule has 0 amide bonds. The fourth-order valence-corrected chi connectivity index (χ4v) is 3.06. The Morgan fingerprint density at radius 1 is 1.21 bits per heavy atom. The lowest BCUT2D eigenvalue weighted by Gasteiger charge is -2.27. The number of hydrogen-bond donors (Lipinski definition) is 2. The molecule has 1 heterocycles. The summed E-state index contributed by atoms with van der Waals surface area (Å²) in [7, 11) is 1.83. The van der Waals surface area contributed by atoms with Crippen LogP contribution in [-0.4, -0.2) is 56.7 Å². The van der Waals surface area contributed by atoms with Gasteiger partial charge in [-0.15, -0.1) is 0 Å². The van der Waals surface area contributed by atoms with E-state index in [0.717, 1.165) is 31.2 Å². The van der Waals surface area contributed by atoms with Crippen molar-refractivity contribution in [3.63, 3.8) is 0 Å². The second kappa shape index (κ2) is 10.9. The van der Waals surface area contributed by atoms with Crippen molar-refractivity contribution in [1.29, 1.82) is 0 Å². The SMILES string of the molecule is CCC(CNC(=NC)NCCCOc1ccccc1)N1CCCC1. The average Bonchev–Trinajstić information content (AvgIpc) is 3.15. The van der Waals surface area contributed by atoms with Gasteiger partial charge in [-0.2, -0.15) is 0 Å². The van der Waals surface area contributed by atoms with Gasteiger partial charge < -0.3 is 15.4 Å². The molecule has 0 bridgehead atoms. The van der Waals surface area contributed by atoms with Gasteiger partial charge in [0.2, 0.25) is 0 Å². The van der Waals surface area contributed by atoms with E-state index >= 15 is 0 Å². The fourth-order valence-electron chi connectivity index (χ4n) is 3.06. The number of likely N-dealkylation sites (tertiary alicyclic amines) is 1. The zero-order valence-corrected chi connectivity index (χ0v) is 15.1. The van der Waals surface area contributed by atoms with Gasteiger partial charge in [0.15, 0.2) is 5.96 Å². The van der Waals surface area contributed by atoms with Crippen LogP contribution in [0.3, 0.4) is 0 Å². The Morgan fingerprint density at radius 2 is 1.96 bits per heavy atom. The molecule has 1 fully saturated rings. The number of nitrogens with one attached hydrogen (secondary N) is 2. The predicted molar refractivity (Wildman–Crippen MR) is 101 cm³/mol. The third-order valence-electron chi connectivity index (χ3n) is 4.48. The molecule has 5 heteroatoms. The highest BCUT2D eigenvalue weighted by molar-refractivity contribution is 5.79. The summed E-state index contributed by atoms with van der Waals surface area (Å²) >= 11 is 0. The lowest BCUT2D eigenvalue weighted by molar-refractivity contribution is 0.236. The highest BCUT2D eigenvalue weighted by atomic mass is 16.5. The van der Waals surface area contributed by atoms with Crippen LogP contribution >= 0.6 is 0 Å². The van der Waals surface area contributed by atoms with E-state index < -0.39 is 0 Å². The minimum Gasteiger partial charge on any atom is -0.494 e. The summed E-state index contributed by atoms with van der Waals surface area (Å²) in [6.07, 6.45) is 4.80. The van der Waals surface area contributed by atoms with E-state index in [1.165, 1.54) is 32.4 Å². The van der Waals surface area contributed by atoms with E-state index in [4.69, 9.17) is 4.74 Å². The van der Waals surface area contributed by atoms with E-state index in [9.17, 15) is 0 Å². The molecule has 24 heavy (non-hydrogen) atoms. The maximum absolute atomic E-state index is 5.70. The lowest BCUT2D eigenvalue weighted by Crippen LogP contribution is -2.46. The van der Waals surface area contributed by atoms with Crippen LogP contribution < -0.4 is 15.4 Å². The van der Waals surface area contributed by atoms with E-state index in [0.29, 0.717) is 12.6 Å². The van der Waals surface area contributed by atoms with Gasteiger partial charge in [0.25, 0.3) is 0 Å². The van der Waals surface area contributed by atoms with Crippen LogP contribution in [-0.2, 0) is 0 Å². The van der Waals surface area contributed by atoms with E-state index in [-0.39, 0.29) is 0 Å². The highest BCUT2D eigenvalue weighted by Crippen LogP contribution is 2.13. The molecule has 1 aromatic rings. The number of para-hydroxylation sites is 1. The number of hydrogen-bond acceptors (Lipinski definition) is 3. The molecule has 1 saturated heterocycles. The summed E-state index contributed by atoms with van der Waals surface area (Å²) in [6, 6.07) is 10.5. The monoisotopic (exact) mass is 332 g/mol. The molecular formula is C19H32N4O. The molecule has 134 valence electrons. The van der Waals surface area contributed by atoms with Crippen molar-refractivity contribution in [2.75, 3.05) is 39.8 Å². The average molecular weight is 332 g/mol. The second-order valence-electron chi connectivity index (χ2n) is 6.20. The molecule has 0 saturated carbocycles. The van der Waals surface area contributed by atoms with Gasteiger partial charge >= 0.3 is 0 Å². The van der Waals surface area contributed by atoms with E-state index in [2.05, 4.69) is 27.4 Å². The first-order valence-electron chi connectivity index (χ1n) is 9.20. The fraction of sp³-hybridized carbons (Fsp3) is 0.632. The van der Waals surface area contributed by atoms with Crippen molar-refractivity contribution in [2.24, 2.45) is 4.99 Å². The first-order valence-corrected chi connectivity index (χ1v) is 9.20. The molecule has 0 aromatic heterocycles. The zero-order valence-electron chi connectivity index (χ0n) is 15.1. The predicted octanol–water partition coefficient (Wildman–Crippen LogP) is 2.49. The number of benzene rings is 1. The summed E-state index contributed by atoms with van der Waals surface area (Å²) in [4.78, 5) is 6.90. The normalized spacial score (nSPS) is 16.8. The van der Waals surface area contributed by atoms with E-state index in [1.54, 1.807) is 0 Å². The van der Waals surface area contributed by atoms with Crippen molar-refractivity contribution in [3.8, 4) is 5.75 Å². The summed E-state index contributed by atoms with van der Waals surface area (Å²) < 4.78 is 5.70. The second-order valence-corrected chi connectivity index (χ2v) is 6.20. The van der Waals surface area contributed by atoms with Crippen molar-refractivity contribution in [1.82, 2.24) is 15.5 Å². The van der Waals surface area contributed by atoms with Crippen LogP contribution in [0, 0.1) is 0 Å². The van der Waals surface area contributed by atoms with Crippen LogP contribution in [0.1, 0.15) is 32.6 Å². The Balaban J connectivity index is 1.59. The summed E-state index contributed by atoms with van der Waals surface area (Å²) in [5, 5.41) is 6.83. The molecule has 0 radical (unpaired) electrons. The molecule has 1 aliphatic rings. The van der Waals surface area contributed by atoms with Gasteiger partial charge in [0, 0.05) is 26.2 Å². The van der Waals surface area contributed by atoms with Crippen LogP contribution in [0.15, 0.2) is 35.3 Å². The Labute approximate surface area is 146 Å². The number of nitrogens with zero attached hydrogens (tertiary/aromatic N) is 2. The number of ether oxygens (including phenoxy) is 1. The Bertz CT molecular complexity index is 472. The summed E-state index contributed by atoms with van der Waals surface area (Å²) in [5.41, 5.74) is 0. The van der Waals surface area contributed by atoms with Gasteiger partial charge in [-0.05, 0) is 50.9 Å². The van der Waals surface area contributed by atoms with E-state index in [1.807, 2.05) is 37.4 Å². The van der Waals surface area contributed by atoms with Gasteiger partial charge in [0.05, 0.1) is 6.61 Å². The molecule has 2 N–H and O–H groups in total. The van der Waals surface area contributed by atoms with Crippen molar-refractivity contribution >= 4 is 5.96 Å². The molecule has 0 spiro atoms. The Kier molecular flexibility index (Phi) is 8.46. The van der Waals surface area contributed by atoms with Crippen LogP contribution in [0.4, 0.5) is 0 Å². The van der Waals surface area contributed by atoms with Crippen molar-refractivity contribution < 1.29 is 4.74 Å². The maximum atomic E-state index is 5.70. The molecule has 1 aliphatic heterocycles. The smallest absolute Gasteiger partial charge is 0.191 e. The first-order chi connectivity index (χ1) is 11.8. The van der Waals surface area contributed by atoms with Gasteiger partial charge in [-0.1, -0.05) is 25.1 Å². The number of rotatable bonds is 9. The first kappa shape index (κ1) is 18.6. The Morgan fingerprint density at radius 3 is 2.62 bits per heavy atom. The van der Waals surface area contributed by atoms with Crippen LogP contribution in [0.25, 0.3) is 0 Å². The number of guanidine groups is 1. The molecule has 1 unspecified atom stereocenters. The quantitative estimate of drug-likeness (QED) is 0.414. The Hall–Kier alpha value is -1.75. The molecule has 1 aromatic carbocycles. The number of aliphatic imine (C=N–C) groups is 1. The zero-order chi connectivity index (χ0) is 17.0. The molecule has 2 rings (SSSR count). The molecule has 5 nitrogen and oxygen atoms in total. The third-order valence-corrected chi connectivity index (χ3v) is 4.48. The largest absolute Gasteiger partial charge is 0.494 e. The third kappa shape index (κ3) is 6.40. The topological polar surface area (TPSA) is 48.9 Å². The summed E-state index contributed by atoms with van der Waals surface area (Å²) in [5.74, 6) is 1.81. The van der Waals surface area contributed by atoms with Gasteiger partial charge in [-0.25, -0.2) is 0 Å². The van der Waals surface area contributed by atoms with Gasteiger partial charge in [0.1, 0.15) is 5.75 Å².